The minimum atomic E-state index is -0.578. The molecule has 1 heterocycles. The van der Waals surface area contributed by atoms with Crippen molar-refractivity contribution in [2.45, 2.75) is 6.42 Å². The second kappa shape index (κ2) is 6.25. The van der Waals surface area contributed by atoms with Crippen LogP contribution in [0.25, 0.3) is 0 Å². The van der Waals surface area contributed by atoms with Gasteiger partial charge in [-0.3, -0.25) is 4.79 Å². The summed E-state index contributed by atoms with van der Waals surface area (Å²) >= 11 is 5.82. The van der Waals surface area contributed by atoms with E-state index < -0.39 is 5.91 Å². The van der Waals surface area contributed by atoms with Crippen molar-refractivity contribution in [2.75, 3.05) is 17.6 Å². The molecule has 0 radical (unpaired) electrons. The van der Waals surface area contributed by atoms with Crippen LogP contribution in [-0.4, -0.2) is 17.4 Å². The van der Waals surface area contributed by atoms with Gasteiger partial charge >= 0.3 is 0 Å². The van der Waals surface area contributed by atoms with Crippen molar-refractivity contribution < 1.29 is 4.79 Å². The number of nitrogen functional groups attached to an aromatic ring is 1. The zero-order chi connectivity index (χ0) is 14.5. The maximum Gasteiger partial charge on any atom is 0.267 e. The Balaban J connectivity index is 1.98. The van der Waals surface area contributed by atoms with Gasteiger partial charge in [-0.25, -0.2) is 4.98 Å². The number of hydrogen-bond acceptors (Lipinski definition) is 4. The van der Waals surface area contributed by atoms with E-state index in [1.807, 2.05) is 24.3 Å². The molecule has 1 aromatic carbocycles. The lowest BCUT2D eigenvalue weighted by Gasteiger charge is -2.09. The van der Waals surface area contributed by atoms with E-state index in [1.165, 1.54) is 6.07 Å². The lowest BCUT2D eigenvalue weighted by molar-refractivity contribution is 0.0996. The minimum absolute atomic E-state index is 0.188. The summed E-state index contributed by atoms with van der Waals surface area (Å²) < 4.78 is 0. The topological polar surface area (TPSA) is 94.0 Å². The Morgan fingerprint density at radius 2 is 1.90 bits per heavy atom. The van der Waals surface area contributed by atoms with Gasteiger partial charge in [-0.05, 0) is 36.2 Å². The molecule has 0 aliphatic heterocycles. The number of primary amides is 1. The van der Waals surface area contributed by atoms with Gasteiger partial charge in [-0.2, -0.15) is 0 Å². The van der Waals surface area contributed by atoms with E-state index in [0.717, 1.165) is 12.0 Å². The third-order valence-electron chi connectivity index (χ3n) is 2.80. The van der Waals surface area contributed by atoms with Crippen molar-refractivity contribution in [2.24, 2.45) is 5.73 Å². The van der Waals surface area contributed by atoms with E-state index in [9.17, 15) is 4.79 Å². The highest BCUT2D eigenvalue weighted by Gasteiger charge is 2.06. The molecule has 0 saturated heterocycles. The molecule has 0 atom stereocenters. The van der Waals surface area contributed by atoms with Crippen molar-refractivity contribution in [3.63, 3.8) is 0 Å². The molecule has 1 amide bonds. The van der Waals surface area contributed by atoms with Gasteiger partial charge < -0.3 is 16.8 Å². The molecule has 104 valence electrons. The first-order chi connectivity index (χ1) is 9.56. The zero-order valence-electron chi connectivity index (χ0n) is 10.8. The van der Waals surface area contributed by atoms with E-state index in [-0.39, 0.29) is 5.69 Å². The summed E-state index contributed by atoms with van der Waals surface area (Å²) in [5.41, 5.74) is 12.8. The third-order valence-corrected chi connectivity index (χ3v) is 3.05. The predicted octanol–water partition coefficient (Wildman–Crippen LogP) is 2.07. The SMILES string of the molecule is NC(=O)c1ccc(N)c(NCCc2ccc(Cl)cc2)n1. The van der Waals surface area contributed by atoms with Gasteiger partial charge in [0.2, 0.25) is 0 Å². The van der Waals surface area contributed by atoms with Gasteiger partial charge in [-0.1, -0.05) is 23.7 Å². The quantitative estimate of drug-likeness (QED) is 0.786. The number of benzene rings is 1. The average Bonchev–Trinajstić information content (AvgIpc) is 2.43. The first-order valence-electron chi connectivity index (χ1n) is 6.11. The molecule has 0 fully saturated rings. The molecule has 20 heavy (non-hydrogen) atoms. The number of carbonyl (C=O) groups excluding carboxylic acids is 1. The van der Waals surface area contributed by atoms with Gasteiger partial charge in [0.05, 0.1) is 5.69 Å². The van der Waals surface area contributed by atoms with E-state index in [0.29, 0.717) is 23.1 Å². The summed E-state index contributed by atoms with van der Waals surface area (Å²) in [6.45, 7) is 0.640. The van der Waals surface area contributed by atoms with Crippen LogP contribution in [-0.2, 0) is 6.42 Å². The molecule has 6 heteroatoms. The zero-order valence-corrected chi connectivity index (χ0v) is 11.5. The highest BCUT2D eigenvalue weighted by atomic mass is 35.5. The molecule has 0 saturated carbocycles. The van der Waals surface area contributed by atoms with Crippen LogP contribution in [0.1, 0.15) is 16.1 Å². The van der Waals surface area contributed by atoms with Gasteiger partial charge in [0, 0.05) is 11.6 Å². The number of amides is 1. The summed E-state index contributed by atoms with van der Waals surface area (Å²) in [5.74, 6) is -0.110. The van der Waals surface area contributed by atoms with Crippen LogP contribution >= 0.6 is 11.6 Å². The number of nitrogens with two attached hydrogens (primary N) is 2. The first-order valence-corrected chi connectivity index (χ1v) is 6.48. The fraction of sp³-hybridized carbons (Fsp3) is 0.143. The van der Waals surface area contributed by atoms with Gasteiger partial charge in [0.1, 0.15) is 11.5 Å². The van der Waals surface area contributed by atoms with Crippen molar-refractivity contribution in [3.05, 3.63) is 52.7 Å². The van der Waals surface area contributed by atoms with E-state index in [1.54, 1.807) is 6.07 Å². The van der Waals surface area contributed by atoms with Crippen LogP contribution in [0.2, 0.25) is 5.02 Å². The van der Waals surface area contributed by atoms with Crippen LogP contribution in [0.15, 0.2) is 36.4 Å². The normalized spacial score (nSPS) is 10.2. The smallest absolute Gasteiger partial charge is 0.267 e. The molecule has 0 aliphatic carbocycles. The molecule has 1 aromatic heterocycles. The Morgan fingerprint density at radius 3 is 2.55 bits per heavy atom. The monoisotopic (exact) mass is 290 g/mol. The molecule has 0 aliphatic rings. The number of anilines is 2. The van der Waals surface area contributed by atoms with E-state index >= 15 is 0 Å². The second-order valence-corrected chi connectivity index (χ2v) is 4.74. The lowest BCUT2D eigenvalue weighted by Crippen LogP contribution is -2.16. The first kappa shape index (κ1) is 14.1. The van der Waals surface area contributed by atoms with Crippen LogP contribution < -0.4 is 16.8 Å². The lowest BCUT2D eigenvalue weighted by atomic mass is 10.1. The maximum atomic E-state index is 11.1. The summed E-state index contributed by atoms with van der Waals surface area (Å²) in [7, 11) is 0. The fourth-order valence-electron chi connectivity index (χ4n) is 1.73. The highest BCUT2D eigenvalue weighted by molar-refractivity contribution is 6.30. The molecule has 0 spiro atoms. The summed E-state index contributed by atoms with van der Waals surface area (Å²) in [5, 5.41) is 3.80. The van der Waals surface area contributed by atoms with Crippen LogP contribution in [0.5, 0.6) is 0 Å². The number of carbonyl (C=O) groups is 1. The molecule has 0 bridgehead atoms. The molecule has 2 aromatic rings. The highest BCUT2D eigenvalue weighted by Crippen LogP contribution is 2.16. The Morgan fingerprint density at radius 1 is 1.20 bits per heavy atom. The van der Waals surface area contributed by atoms with Crippen LogP contribution in [0.4, 0.5) is 11.5 Å². The summed E-state index contributed by atoms with van der Waals surface area (Å²) in [4.78, 5) is 15.2. The van der Waals surface area contributed by atoms with Crippen molar-refractivity contribution in [3.8, 4) is 0 Å². The number of nitrogens with one attached hydrogen (secondary N) is 1. The number of halogens is 1. The standard InChI is InChI=1S/C14H15ClN4O/c15-10-3-1-9(2-4-10)7-8-18-14-11(16)5-6-12(19-14)13(17)20/h1-6H,7-8,16H2,(H2,17,20)(H,18,19). The average molecular weight is 291 g/mol. The number of rotatable bonds is 5. The van der Waals surface area contributed by atoms with Crippen molar-refractivity contribution in [1.29, 1.82) is 0 Å². The number of aromatic nitrogens is 1. The van der Waals surface area contributed by atoms with Crippen LogP contribution in [0, 0.1) is 0 Å². The largest absolute Gasteiger partial charge is 0.396 e. The van der Waals surface area contributed by atoms with Crippen molar-refractivity contribution >= 4 is 29.0 Å². The van der Waals surface area contributed by atoms with Crippen LogP contribution in [0.3, 0.4) is 0 Å². The Labute approximate surface area is 121 Å². The maximum absolute atomic E-state index is 11.1. The Hall–Kier alpha value is -2.27. The molecular formula is C14H15ClN4O. The van der Waals surface area contributed by atoms with Crippen molar-refractivity contribution in [1.82, 2.24) is 4.98 Å². The molecular weight excluding hydrogens is 276 g/mol. The molecule has 5 nitrogen and oxygen atoms in total. The number of hydrogen-bond donors (Lipinski definition) is 3. The predicted molar refractivity (Wildman–Crippen MR) is 80.8 cm³/mol. The van der Waals surface area contributed by atoms with Gasteiger partial charge in [-0.15, -0.1) is 0 Å². The Bertz CT molecular complexity index is 613. The number of nitrogens with zero attached hydrogens (tertiary/aromatic N) is 1. The fourth-order valence-corrected chi connectivity index (χ4v) is 1.85. The minimum Gasteiger partial charge on any atom is -0.396 e. The van der Waals surface area contributed by atoms with Gasteiger partial charge in [0.25, 0.3) is 5.91 Å². The van der Waals surface area contributed by atoms with E-state index in [2.05, 4.69) is 10.3 Å². The number of pyridine rings is 1. The third kappa shape index (κ3) is 3.61. The molecule has 2 rings (SSSR count). The summed E-state index contributed by atoms with van der Waals surface area (Å²) in [6.07, 6.45) is 0.791. The second-order valence-electron chi connectivity index (χ2n) is 4.30. The molecule has 0 unspecified atom stereocenters. The molecule has 5 N–H and O–H groups in total. The summed E-state index contributed by atoms with van der Waals surface area (Å²) in [6, 6.07) is 10.7. The Kier molecular flexibility index (Phi) is 4.42. The van der Waals surface area contributed by atoms with E-state index in [4.69, 9.17) is 23.1 Å². The van der Waals surface area contributed by atoms with Gasteiger partial charge in [0.15, 0.2) is 0 Å².